The van der Waals surface area contributed by atoms with Crippen LogP contribution in [-0.4, -0.2) is 30.1 Å². The third-order valence-corrected chi connectivity index (χ3v) is 7.40. The van der Waals surface area contributed by atoms with Crippen molar-refractivity contribution in [3.8, 4) is 0 Å². The molecule has 0 aromatic carbocycles. The van der Waals surface area contributed by atoms with Crippen LogP contribution >= 0.6 is 0 Å². The number of hydrogen-bond acceptors (Lipinski definition) is 0. The molecule has 0 N–H and O–H groups in total. The normalized spacial score (nSPS) is 14.7. The van der Waals surface area contributed by atoms with E-state index in [9.17, 15) is 52.7 Å². The van der Waals surface area contributed by atoms with Gasteiger partial charge in [0, 0.05) is 25.2 Å². The molecule has 1 rings (SSSR count). The minimum absolute atomic E-state index is 0.105. The smallest absolute Gasteiger partial charge is 0.244 e. The van der Waals surface area contributed by atoms with Gasteiger partial charge in [-0.3, -0.25) is 0 Å². The molecule has 2 atom stereocenters. The van der Waals surface area contributed by atoms with Gasteiger partial charge in [0.05, 0.1) is 5.92 Å². The lowest BCUT2D eigenvalue weighted by atomic mass is 9.88. The van der Waals surface area contributed by atoms with Gasteiger partial charge in [0.2, 0.25) is 5.92 Å². The van der Waals surface area contributed by atoms with Gasteiger partial charge in [-0.2, -0.15) is 39.5 Å². The van der Waals surface area contributed by atoms with Gasteiger partial charge >= 0.3 is 18.5 Å². The van der Waals surface area contributed by atoms with Crippen LogP contribution < -0.4 is 0 Å². The maximum atomic E-state index is 12.5. The molecule has 0 nitrogen and oxygen atoms in total. The molecule has 1 aliphatic rings. The van der Waals surface area contributed by atoms with Crippen LogP contribution in [0.15, 0.2) is 0 Å². The van der Waals surface area contributed by atoms with E-state index >= 15 is 0 Å². The Bertz CT molecular complexity index is 746. The zero-order valence-corrected chi connectivity index (χ0v) is 42.8. The zero-order chi connectivity index (χ0) is 50.2. The van der Waals surface area contributed by atoms with Crippen molar-refractivity contribution >= 4 is 0 Å². The summed E-state index contributed by atoms with van der Waals surface area (Å²) >= 11 is 0. The van der Waals surface area contributed by atoms with Crippen LogP contribution in [0, 0.1) is 40.9 Å². The van der Waals surface area contributed by atoms with Crippen LogP contribution in [-0.2, 0) is 0 Å². The fraction of sp³-hybridized carbons (Fsp3) is 1.00. The second-order valence-corrected chi connectivity index (χ2v) is 18.3. The second kappa shape index (κ2) is 43.8. The molecule has 1 unspecified atom stereocenters. The van der Waals surface area contributed by atoms with Crippen LogP contribution in [0.4, 0.5) is 52.7 Å². The van der Waals surface area contributed by atoms with Gasteiger partial charge < -0.3 is 0 Å². The minimum atomic E-state index is -4.00. The summed E-state index contributed by atoms with van der Waals surface area (Å²) in [4.78, 5) is 0. The summed E-state index contributed by atoms with van der Waals surface area (Å²) in [6, 6.07) is 0. The average Bonchev–Trinajstić information content (AvgIpc) is 3.06. The first kappa shape index (κ1) is 78.6. The van der Waals surface area contributed by atoms with E-state index < -0.39 is 48.4 Å². The monoisotopic (exact) mass is 893 g/mol. The third-order valence-electron chi connectivity index (χ3n) is 7.40. The molecule has 59 heavy (non-hydrogen) atoms. The molecule has 0 bridgehead atoms. The Labute approximate surface area is 360 Å². The molecule has 1 aliphatic carbocycles. The molecule has 0 saturated heterocycles. The zero-order valence-electron chi connectivity index (χ0n) is 42.8. The first-order chi connectivity index (χ1) is 26.0. The van der Waals surface area contributed by atoms with Crippen molar-refractivity contribution in [2.45, 2.75) is 267 Å². The highest BCUT2D eigenvalue weighted by molar-refractivity contribution is 4.75. The molecule has 12 heteroatoms. The standard InChI is InChI=1S/C7H12F2.C6H11F3.C6H13F.C5H9F3.2C5H12.C4H7F3.C4H10.C3H8.C2H6/c1-6-2-4-7(8,9)5-3-6;1-3-5(2)4-6(7,8)9;1-4-6(3,7)5-2;1-3-4(2)5(6,7)8;1-5(2,3)4;1-4-5(2)3;1-3(2)4(5,6)7;1-4(2)3;1-3-2;1-2/h6H,2-5H2,1H3;5H,3-4H2,1-2H3;4-5H2,1-3H3;4H,3H2,1-2H3;1-4H3;5H,4H2,1-3H3;3H,1-2H3;4H,1-3H3;3H2,1-2H3;1-2H3/t;5-;;;;;;;;/m.0......../s1. The lowest BCUT2D eigenvalue weighted by molar-refractivity contribution is -0.170. The molecular formula is C47H100F12. The highest BCUT2D eigenvalue weighted by atomic mass is 19.4. The van der Waals surface area contributed by atoms with E-state index in [1.165, 1.54) is 26.7 Å². The van der Waals surface area contributed by atoms with Gasteiger partial charge in [0.1, 0.15) is 5.67 Å². The Morgan fingerprint density at radius 3 is 0.864 bits per heavy atom. The van der Waals surface area contributed by atoms with Crippen LogP contribution in [0.2, 0.25) is 0 Å². The second-order valence-electron chi connectivity index (χ2n) is 18.3. The Balaban J connectivity index is -0.0000000689. The molecule has 0 spiro atoms. The van der Waals surface area contributed by atoms with E-state index in [2.05, 4.69) is 83.1 Å². The Hall–Kier alpha value is -0.840. The molecule has 0 heterocycles. The van der Waals surface area contributed by atoms with Crippen LogP contribution in [0.25, 0.3) is 0 Å². The average molecular weight is 893 g/mol. The molecule has 1 saturated carbocycles. The first-order valence-electron chi connectivity index (χ1n) is 22.3. The maximum Gasteiger partial charge on any atom is 0.391 e. The summed E-state index contributed by atoms with van der Waals surface area (Å²) in [5.41, 5.74) is -0.417. The van der Waals surface area contributed by atoms with Crippen molar-refractivity contribution in [2.24, 2.45) is 40.9 Å². The van der Waals surface area contributed by atoms with E-state index in [1.807, 2.05) is 34.6 Å². The summed E-state index contributed by atoms with van der Waals surface area (Å²) in [6.07, 6.45) is -6.42. The molecule has 0 aromatic heterocycles. The fourth-order valence-electron chi connectivity index (χ4n) is 2.21. The predicted octanol–water partition coefficient (Wildman–Crippen LogP) is 21.4. The quantitative estimate of drug-likeness (QED) is 0.233. The van der Waals surface area contributed by atoms with Gasteiger partial charge in [-0.1, -0.05) is 179 Å². The van der Waals surface area contributed by atoms with Gasteiger partial charge in [-0.05, 0) is 68.1 Å². The summed E-state index contributed by atoms with van der Waals surface area (Å²) in [7, 11) is 0. The van der Waals surface area contributed by atoms with Crippen LogP contribution in [0.5, 0.6) is 0 Å². The Kier molecular flexibility index (Phi) is 58.4. The maximum absolute atomic E-state index is 12.5. The van der Waals surface area contributed by atoms with Crippen molar-refractivity contribution in [1.29, 1.82) is 0 Å². The van der Waals surface area contributed by atoms with Crippen molar-refractivity contribution in [2.75, 3.05) is 0 Å². The van der Waals surface area contributed by atoms with Gasteiger partial charge in [-0.25, -0.2) is 13.2 Å². The molecule has 0 aliphatic heterocycles. The van der Waals surface area contributed by atoms with E-state index in [1.54, 1.807) is 20.8 Å². The van der Waals surface area contributed by atoms with Crippen molar-refractivity contribution in [3.63, 3.8) is 0 Å². The number of halogens is 12. The molecule has 0 amide bonds. The lowest BCUT2D eigenvalue weighted by Gasteiger charge is -2.25. The number of alkyl halides is 12. The van der Waals surface area contributed by atoms with E-state index in [4.69, 9.17) is 0 Å². The number of rotatable bonds is 6. The minimum Gasteiger partial charge on any atom is -0.244 e. The van der Waals surface area contributed by atoms with Gasteiger partial charge in [0.15, 0.2) is 0 Å². The molecule has 0 radical (unpaired) electrons. The van der Waals surface area contributed by atoms with Crippen LogP contribution in [0.3, 0.4) is 0 Å². The molecule has 372 valence electrons. The lowest BCUT2D eigenvalue weighted by Crippen LogP contribution is -2.23. The molecule has 0 aromatic rings. The summed E-state index contributed by atoms with van der Waals surface area (Å²) in [5, 5.41) is 0. The summed E-state index contributed by atoms with van der Waals surface area (Å²) in [5.74, 6) is -2.69. The first-order valence-corrected chi connectivity index (χ1v) is 22.3. The molecular weight excluding hydrogens is 792 g/mol. The van der Waals surface area contributed by atoms with Gasteiger partial charge in [-0.15, -0.1) is 0 Å². The summed E-state index contributed by atoms with van der Waals surface area (Å²) < 4.78 is 140. The largest absolute Gasteiger partial charge is 0.391 e. The topological polar surface area (TPSA) is 0 Å². The van der Waals surface area contributed by atoms with Crippen molar-refractivity contribution in [3.05, 3.63) is 0 Å². The highest BCUT2D eigenvalue weighted by Crippen LogP contribution is 2.35. The van der Waals surface area contributed by atoms with Crippen molar-refractivity contribution < 1.29 is 52.7 Å². The fourth-order valence-corrected chi connectivity index (χ4v) is 2.21. The van der Waals surface area contributed by atoms with Crippen molar-refractivity contribution in [1.82, 2.24) is 0 Å². The molecule has 1 fully saturated rings. The van der Waals surface area contributed by atoms with E-state index in [0.29, 0.717) is 43.4 Å². The Morgan fingerprint density at radius 2 is 0.797 bits per heavy atom. The Morgan fingerprint density at radius 1 is 0.542 bits per heavy atom. The summed E-state index contributed by atoms with van der Waals surface area (Å²) in [6.45, 7) is 45.9. The van der Waals surface area contributed by atoms with E-state index in [0.717, 1.165) is 25.7 Å². The third kappa shape index (κ3) is 108. The number of hydrogen-bond donors (Lipinski definition) is 0. The SMILES string of the molecule is CC.CC(C)(C)C.CC(C)C.CC(C)C(F)(F)F.CC1CCC(F)(F)CC1.CCC.CCC(C)(F)CC.CCC(C)C.CCC(C)C(F)(F)F.CC[C@H](C)CC(F)(F)F. The van der Waals surface area contributed by atoms with Gasteiger partial charge in [0.25, 0.3) is 0 Å². The van der Waals surface area contributed by atoms with E-state index in [-0.39, 0.29) is 25.2 Å². The predicted molar refractivity (Wildman–Crippen MR) is 237 cm³/mol. The highest BCUT2D eigenvalue weighted by Gasteiger charge is 2.34. The van der Waals surface area contributed by atoms with Crippen LogP contribution in [0.1, 0.15) is 237 Å².